The van der Waals surface area contributed by atoms with E-state index in [9.17, 15) is 13.6 Å². The van der Waals surface area contributed by atoms with Gasteiger partial charge in [0.25, 0.3) is 12.3 Å². The van der Waals surface area contributed by atoms with Crippen LogP contribution in [0.5, 0.6) is 0 Å². The molecular weight excluding hydrogens is 256 g/mol. The molecule has 0 fully saturated rings. The van der Waals surface area contributed by atoms with Gasteiger partial charge in [-0.05, 0) is 12.1 Å². The van der Waals surface area contributed by atoms with Crippen molar-refractivity contribution in [3.8, 4) is 0 Å². The number of anilines is 1. The highest BCUT2D eigenvalue weighted by atomic mass is 19.3. The molecule has 106 valence electrons. The number of rotatable bonds is 6. The van der Waals surface area contributed by atoms with E-state index in [0.29, 0.717) is 5.82 Å². The molecule has 0 bridgehead atoms. The third-order valence-electron chi connectivity index (χ3n) is 2.47. The van der Waals surface area contributed by atoms with Crippen molar-refractivity contribution in [2.45, 2.75) is 6.43 Å². The Hall–Kier alpha value is -1.76. The summed E-state index contributed by atoms with van der Waals surface area (Å²) in [5, 5.41) is 8.83. The van der Waals surface area contributed by atoms with E-state index in [1.807, 2.05) is 0 Å². The molecule has 0 aliphatic heterocycles. The van der Waals surface area contributed by atoms with Crippen molar-refractivity contribution in [3.63, 3.8) is 0 Å². The van der Waals surface area contributed by atoms with E-state index in [0.717, 1.165) is 4.90 Å². The van der Waals surface area contributed by atoms with Gasteiger partial charge in [-0.2, -0.15) is 0 Å². The minimum atomic E-state index is -2.63. The van der Waals surface area contributed by atoms with Crippen LogP contribution in [0.25, 0.3) is 0 Å². The first-order chi connectivity index (χ1) is 8.95. The lowest BCUT2D eigenvalue weighted by Gasteiger charge is -2.22. The molecule has 0 radical (unpaired) electrons. The number of aliphatic hydroxyl groups excluding tert-OH is 1. The monoisotopic (exact) mass is 273 g/mol. The Kier molecular flexibility index (Phi) is 5.62. The average molecular weight is 273 g/mol. The fourth-order valence-electron chi connectivity index (χ4n) is 1.54. The first-order valence-corrected chi connectivity index (χ1v) is 5.77. The van der Waals surface area contributed by atoms with E-state index >= 15 is 0 Å². The molecule has 1 rings (SSSR count). The number of aromatic nitrogens is 1. The van der Waals surface area contributed by atoms with Crippen LogP contribution in [0.2, 0.25) is 0 Å². The zero-order chi connectivity index (χ0) is 14.4. The molecule has 1 aromatic rings. The van der Waals surface area contributed by atoms with E-state index in [1.165, 1.54) is 18.3 Å². The van der Waals surface area contributed by atoms with Crippen LogP contribution >= 0.6 is 0 Å². The smallest absolute Gasteiger partial charge is 0.255 e. The van der Waals surface area contributed by atoms with Gasteiger partial charge in [0.2, 0.25) is 0 Å². The van der Waals surface area contributed by atoms with Gasteiger partial charge in [-0.3, -0.25) is 4.79 Å². The molecule has 1 aromatic heterocycles. The second-order valence-electron chi connectivity index (χ2n) is 4.16. The largest absolute Gasteiger partial charge is 0.395 e. The van der Waals surface area contributed by atoms with Crippen molar-refractivity contribution in [2.75, 3.05) is 38.7 Å². The summed E-state index contributed by atoms with van der Waals surface area (Å²) in [5.74, 6) is 0.0201. The fraction of sp³-hybridized carbons (Fsp3) is 0.500. The molecule has 0 spiro atoms. The number of aliphatic hydroxyl groups is 1. The van der Waals surface area contributed by atoms with Gasteiger partial charge in [-0.25, -0.2) is 13.8 Å². The second-order valence-corrected chi connectivity index (χ2v) is 4.16. The lowest BCUT2D eigenvalue weighted by atomic mass is 10.2. The number of carbonyl (C=O) groups excluding carboxylic acids is 1. The Bertz CT molecular complexity index is 427. The molecule has 19 heavy (non-hydrogen) atoms. The van der Waals surface area contributed by atoms with E-state index in [4.69, 9.17) is 5.11 Å². The van der Waals surface area contributed by atoms with Gasteiger partial charge in [-0.15, -0.1) is 0 Å². The Morgan fingerprint density at radius 2 is 2.16 bits per heavy atom. The standard InChI is InChI=1S/C12H17F2N3O2/c1-16(2)11-7-9(3-4-15-11)12(19)17(5-6-18)8-10(13)14/h3-4,7,10,18H,5-6,8H2,1-2H3. The van der Waals surface area contributed by atoms with Crippen molar-refractivity contribution in [1.29, 1.82) is 0 Å². The highest BCUT2D eigenvalue weighted by molar-refractivity contribution is 5.94. The Morgan fingerprint density at radius 1 is 1.47 bits per heavy atom. The maximum Gasteiger partial charge on any atom is 0.255 e. The van der Waals surface area contributed by atoms with Crippen LogP contribution in [-0.2, 0) is 0 Å². The van der Waals surface area contributed by atoms with E-state index < -0.39 is 18.9 Å². The molecule has 0 saturated heterocycles. The summed E-state index contributed by atoms with van der Waals surface area (Å²) in [6.45, 7) is -1.17. The fourth-order valence-corrected chi connectivity index (χ4v) is 1.54. The maximum atomic E-state index is 12.4. The number of hydrogen-bond acceptors (Lipinski definition) is 4. The predicted octanol–water partition coefficient (Wildman–Crippen LogP) is 0.847. The van der Waals surface area contributed by atoms with E-state index in [1.54, 1.807) is 19.0 Å². The molecule has 0 aliphatic rings. The van der Waals surface area contributed by atoms with Crippen LogP contribution in [0.15, 0.2) is 18.3 Å². The van der Waals surface area contributed by atoms with Gasteiger partial charge < -0.3 is 14.9 Å². The molecule has 0 unspecified atom stereocenters. The number of pyridine rings is 1. The highest BCUT2D eigenvalue weighted by Gasteiger charge is 2.19. The zero-order valence-electron chi connectivity index (χ0n) is 10.9. The summed E-state index contributed by atoms with van der Waals surface area (Å²) in [6, 6.07) is 2.99. The first kappa shape index (κ1) is 15.3. The number of alkyl halides is 2. The van der Waals surface area contributed by atoms with Crippen LogP contribution in [0, 0.1) is 0 Å². The summed E-state index contributed by atoms with van der Waals surface area (Å²) >= 11 is 0. The minimum absolute atomic E-state index is 0.122. The molecule has 1 amide bonds. The molecule has 1 heterocycles. The van der Waals surface area contributed by atoms with E-state index in [2.05, 4.69) is 4.98 Å². The number of hydrogen-bond donors (Lipinski definition) is 1. The summed E-state index contributed by atoms with van der Waals surface area (Å²) in [7, 11) is 3.53. The topological polar surface area (TPSA) is 56.7 Å². The van der Waals surface area contributed by atoms with Crippen molar-refractivity contribution in [2.24, 2.45) is 0 Å². The maximum absolute atomic E-state index is 12.4. The molecule has 0 aromatic carbocycles. The SMILES string of the molecule is CN(C)c1cc(C(=O)N(CCO)CC(F)F)ccn1. The van der Waals surface area contributed by atoms with Gasteiger partial charge in [0.05, 0.1) is 13.2 Å². The third-order valence-corrected chi connectivity index (χ3v) is 2.47. The molecular formula is C12H17F2N3O2. The molecule has 0 atom stereocenters. The van der Waals surface area contributed by atoms with Crippen LogP contribution in [0.4, 0.5) is 14.6 Å². The lowest BCUT2D eigenvalue weighted by molar-refractivity contribution is 0.0509. The number of nitrogens with zero attached hydrogens (tertiary/aromatic N) is 3. The zero-order valence-corrected chi connectivity index (χ0v) is 10.9. The first-order valence-electron chi connectivity index (χ1n) is 5.77. The predicted molar refractivity (Wildman–Crippen MR) is 67.6 cm³/mol. The summed E-state index contributed by atoms with van der Waals surface area (Å²) in [5.41, 5.74) is 0.271. The van der Waals surface area contributed by atoms with Gasteiger partial charge in [-0.1, -0.05) is 0 Å². The number of halogens is 2. The summed E-state index contributed by atoms with van der Waals surface area (Å²) in [4.78, 5) is 18.8. The van der Waals surface area contributed by atoms with Crippen LogP contribution < -0.4 is 4.90 Å². The van der Waals surface area contributed by atoms with Crippen molar-refractivity contribution < 1.29 is 18.7 Å². The minimum Gasteiger partial charge on any atom is -0.395 e. The quantitative estimate of drug-likeness (QED) is 0.834. The second kappa shape index (κ2) is 6.98. The molecule has 5 nitrogen and oxygen atoms in total. The Morgan fingerprint density at radius 3 is 2.68 bits per heavy atom. The number of carbonyl (C=O) groups is 1. The summed E-state index contributed by atoms with van der Waals surface area (Å²) in [6.07, 6.45) is -1.19. The Balaban J connectivity index is 2.92. The van der Waals surface area contributed by atoms with Gasteiger partial charge >= 0.3 is 0 Å². The van der Waals surface area contributed by atoms with E-state index in [-0.39, 0.29) is 18.7 Å². The normalized spacial score (nSPS) is 10.6. The molecule has 1 N–H and O–H groups in total. The third kappa shape index (κ3) is 4.44. The number of amides is 1. The summed E-state index contributed by atoms with van der Waals surface area (Å²) < 4.78 is 24.8. The average Bonchev–Trinajstić information content (AvgIpc) is 2.37. The van der Waals surface area contributed by atoms with Gasteiger partial charge in [0.15, 0.2) is 0 Å². The van der Waals surface area contributed by atoms with Crippen LogP contribution in [-0.4, -0.2) is 61.1 Å². The lowest BCUT2D eigenvalue weighted by Crippen LogP contribution is -2.37. The van der Waals surface area contributed by atoms with Gasteiger partial charge in [0.1, 0.15) is 5.82 Å². The molecule has 7 heteroatoms. The van der Waals surface area contributed by atoms with Crippen molar-refractivity contribution in [3.05, 3.63) is 23.9 Å². The van der Waals surface area contributed by atoms with Crippen LogP contribution in [0.3, 0.4) is 0 Å². The Labute approximate surface area is 110 Å². The van der Waals surface area contributed by atoms with Gasteiger partial charge in [0, 0.05) is 32.4 Å². The van der Waals surface area contributed by atoms with Crippen molar-refractivity contribution >= 4 is 11.7 Å². The van der Waals surface area contributed by atoms with Crippen molar-refractivity contribution in [1.82, 2.24) is 9.88 Å². The molecule has 0 aliphatic carbocycles. The highest BCUT2D eigenvalue weighted by Crippen LogP contribution is 2.12. The molecule has 0 saturated carbocycles. The van der Waals surface area contributed by atoms with Crippen LogP contribution in [0.1, 0.15) is 10.4 Å².